The van der Waals surface area contributed by atoms with Crippen molar-refractivity contribution >= 4 is 21.5 Å². The molecule has 0 aliphatic rings. The minimum atomic E-state index is -3.36. The molecule has 0 aromatic heterocycles. The number of rotatable bonds is 8. The van der Waals surface area contributed by atoms with E-state index in [1.54, 1.807) is 24.3 Å². The lowest BCUT2D eigenvalue weighted by Gasteiger charge is -2.21. The number of carboxylic acids is 1. The lowest BCUT2D eigenvalue weighted by molar-refractivity contribution is -0.137. The number of nitrogens with one attached hydrogen (secondary N) is 1. The van der Waals surface area contributed by atoms with Crippen molar-refractivity contribution in [2.45, 2.75) is 30.2 Å². The molecular weight excluding hydrogens is 326 g/mol. The Morgan fingerprint density at radius 1 is 1.08 bits per heavy atom. The van der Waals surface area contributed by atoms with Gasteiger partial charge in [-0.25, -0.2) is 8.42 Å². The molecule has 24 heavy (non-hydrogen) atoms. The second kappa shape index (κ2) is 7.97. The summed E-state index contributed by atoms with van der Waals surface area (Å²) in [6.07, 6.45) is 2.21. The number of benzene rings is 2. The van der Waals surface area contributed by atoms with Crippen LogP contribution in [0, 0.1) is 0 Å². The molecule has 1 unspecified atom stereocenters. The standard InChI is InChI=1S/C18H21NO4S/c1-24(22,23)17-10-6-5-9-16(17)19-15(11-12-18(20)21)13-14-7-3-2-4-8-14/h2-10,15,19H,11-13H2,1H3,(H,20,21). The lowest BCUT2D eigenvalue weighted by atomic mass is 10.0. The van der Waals surface area contributed by atoms with E-state index < -0.39 is 15.8 Å². The van der Waals surface area contributed by atoms with Crippen LogP contribution in [0.4, 0.5) is 5.69 Å². The summed E-state index contributed by atoms with van der Waals surface area (Å²) in [7, 11) is -3.36. The zero-order chi connectivity index (χ0) is 17.6. The molecule has 2 N–H and O–H groups in total. The number of para-hydroxylation sites is 1. The number of aliphatic carboxylic acids is 1. The maximum Gasteiger partial charge on any atom is 0.303 e. The van der Waals surface area contributed by atoms with Gasteiger partial charge in [-0.05, 0) is 30.5 Å². The predicted octanol–water partition coefficient (Wildman–Crippen LogP) is 2.98. The molecule has 0 radical (unpaired) electrons. The van der Waals surface area contributed by atoms with Crippen LogP contribution in [-0.2, 0) is 21.1 Å². The van der Waals surface area contributed by atoms with E-state index in [0.29, 0.717) is 18.5 Å². The van der Waals surface area contributed by atoms with Crippen molar-refractivity contribution in [1.29, 1.82) is 0 Å². The molecular formula is C18H21NO4S. The van der Waals surface area contributed by atoms with Gasteiger partial charge >= 0.3 is 5.97 Å². The van der Waals surface area contributed by atoms with E-state index in [4.69, 9.17) is 5.11 Å². The van der Waals surface area contributed by atoms with Crippen molar-refractivity contribution in [1.82, 2.24) is 0 Å². The van der Waals surface area contributed by atoms with Crippen molar-refractivity contribution in [2.75, 3.05) is 11.6 Å². The molecule has 0 amide bonds. The van der Waals surface area contributed by atoms with Crippen LogP contribution in [-0.4, -0.2) is 31.8 Å². The highest BCUT2D eigenvalue weighted by atomic mass is 32.2. The first-order valence-electron chi connectivity index (χ1n) is 7.67. The SMILES string of the molecule is CS(=O)(=O)c1ccccc1NC(CCC(=O)O)Cc1ccccc1. The van der Waals surface area contributed by atoms with Gasteiger partial charge in [-0.3, -0.25) is 4.79 Å². The third-order valence-electron chi connectivity index (χ3n) is 3.68. The molecule has 0 saturated heterocycles. The summed E-state index contributed by atoms with van der Waals surface area (Å²) in [5.41, 5.74) is 1.57. The van der Waals surface area contributed by atoms with Crippen molar-refractivity contribution in [2.24, 2.45) is 0 Å². The second-order valence-corrected chi connectivity index (χ2v) is 7.72. The summed E-state index contributed by atoms with van der Waals surface area (Å²) in [4.78, 5) is 11.1. The van der Waals surface area contributed by atoms with Crippen LogP contribution < -0.4 is 5.32 Å². The number of sulfone groups is 1. The molecule has 2 rings (SSSR count). The maximum atomic E-state index is 11.9. The third-order valence-corrected chi connectivity index (χ3v) is 4.83. The van der Waals surface area contributed by atoms with Crippen LogP contribution in [0.3, 0.4) is 0 Å². The zero-order valence-electron chi connectivity index (χ0n) is 13.5. The molecule has 0 bridgehead atoms. The number of carboxylic acid groups (broad SMARTS) is 1. The monoisotopic (exact) mass is 347 g/mol. The van der Waals surface area contributed by atoms with E-state index in [-0.39, 0.29) is 17.4 Å². The van der Waals surface area contributed by atoms with E-state index in [9.17, 15) is 13.2 Å². The fraction of sp³-hybridized carbons (Fsp3) is 0.278. The van der Waals surface area contributed by atoms with Gasteiger partial charge in [0, 0.05) is 18.7 Å². The molecule has 128 valence electrons. The van der Waals surface area contributed by atoms with E-state index in [0.717, 1.165) is 11.8 Å². The summed E-state index contributed by atoms with van der Waals surface area (Å²) < 4.78 is 23.9. The van der Waals surface area contributed by atoms with E-state index in [1.807, 2.05) is 30.3 Å². The highest BCUT2D eigenvalue weighted by Gasteiger charge is 2.17. The molecule has 0 heterocycles. The zero-order valence-corrected chi connectivity index (χ0v) is 14.3. The molecule has 2 aromatic carbocycles. The second-order valence-electron chi connectivity index (χ2n) is 5.73. The summed E-state index contributed by atoms with van der Waals surface area (Å²) >= 11 is 0. The Morgan fingerprint density at radius 2 is 1.71 bits per heavy atom. The number of hydrogen-bond donors (Lipinski definition) is 2. The topological polar surface area (TPSA) is 83.5 Å². The Hall–Kier alpha value is -2.34. The van der Waals surface area contributed by atoms with Crippen LogP contribution in [0.1, 0.15) is 18.4 Å². The lowest BCUT2D eigenvalue weighted by Crippen LogP contribution is -2.24. The fourth-order valence-electron chi connectivity index (χ4n) is 2.55. The van der Waals surface area contributed by atoms with Gasteiger partial charge < -0.3 is 10.4 Å². The first-order valence-corrected chi connectivity index (χ1v) is 9.57. The molecule has 1 atom stereocenters. The number of anilines is 1. The summed E-state index contributed by atoms with van der Waals surface area (Å²) in [6.45, 7) is 0. The van der Waals surface area contributed by atoms with Crippen molar-refractivity contribution in [3.05, 3.63) is 60.2 Å². The first-order chi connectivity index (χ1) is 11.4. The molecule has 5 nitrogen and oxygen atoms in total. The quantitative estimate of drug-likeness (QED) is 0.767. The van der Waals surface area contributed by atoms with Crippen molar-refractivity contribution in [3.8, 4) is 0 Å². The van der Waals surface area contributed by atoms with Gasteiger partial charge in [-0.1, -0.05) is 42.5 Å². The highest BCUT2D eigenvalue weighted by molar-refractivity contribution is 7.90. The minimum Gasteiger partial charge on any atom is -0.481 e. The smallest absolute Gasteiger partial charge is 0.303 e. The summed E-state index contributed by atoms with van der Waals surface area (Å²) in [5.74, 6) is -0.869. The molecule has 6 heteroatoms. The molecule has 0 spiro atoms. The van der Waals surface area contributed by atoms with Crippen LogP contribution in [0.15, 0.2) is 59.5 Å². The molecule has 0 fully saturated rings. The minimum absolute atomic E-state index is 0.0194. The maximum absolute atomic E-state index is 11.9. The van der Waals surface area contributed by atoms with Gasteiger partial charge in [0.1, 0.15) is 0 Å². The summed E-state index contributed by atoms with van der Waals surface area (Å²) in [5, 5.41) is 12.2. The van der Waals surface area contributed by atoms with E-state index in [2.05, 4.69) is 5.32 Å². The third kappa shape index (κ3) is 5.38. The largest absolute Gasteiger partial charge is 0.481 e. The van der Waals surface area contributed by atoms with Gasteiger partial charge in [0.25, 0.3) is 0 Å². The van der Waals surface area contributed by atoms with Crippen LogP contribution in [0.25, 0.3) is 0 Å². The van der Waals surface area contributed by atoms with E-state index in [1.165, 1.54) is 0 Å². The fourth-order valence-corrected chi connectivity index (χ4v) is 3.40. The number of hydrogen-bond acceptors (Lipinski definition) is 4. The van der Waals surface area contributed by atoms with Gasteiger partial charge in [0.05, 0.1) is 10.6 Å². The van der Waals surface area contributed by atoms with Gasteiger partial charge in [-0.15, -0.1) is 0 Å². The van der Waals surface area contributed by atoms with E-state index >= 15 is 0 Å². The molecule has 0 aliphatic carbocycles. The normalized spacial score (nSPS) is 12.5. The molecule has 2 aromatic rings. The first kappa shape index (κ1) is 18.0. The van der Waals surface area contributed by atoms with Crippen LogP contribution >= 0.6 is 0 Å². The van der Waals surface area contributed by atoms with Gasteiger partial charge in [-0.2, -0.15) is 0 Å². The average Bonchev–Trinajstić information content (AvgIpc) is 2.53. The Morgan fingerprint density at radius 3 is 2.33 bits per heavy atom. The Kier molecular flexibility index (Phi) is 5.98. The van der Waals surface area contributed by atoms with Crippen LogP contribution in [0.2, 0.25) is 0 Å². The number of carbonyl (C=O) groups is 1. The van der Waals surface area contributed by atoms with Gasteiger partial charge in [0.15, 0.2) is 9.84 Å². The molecule has 0 aliphatic heterocycles. The summed E-state index contributed by atoms with van der Waals surface area (Å²) in [6, 6.07) is 16.2. The van der Waals surface area contributed by atoms with Crippen LogP contribution in [0.5, 0.6) is 0 Å². The predicted molar refractivity (Wildman–Crippen MR) is 94.0 cm³/mol. The van der Waals surface area contributed by atoms with Crippen molar-refractivity contribution in [3.63, 3.8) is 0 Å². The Labute approximate surface area is 142 Å². The van der Waals surface area contributed by atoms with Gasteiger partial charge in [0.2, 0.25) is 0 Å². The molecule has 0 saturated carbocycles. The van der Waals surface area contributed by atoms with Crippen molar-refractivity contribution < 1.29 is 18.3 Å². The Bertz CT molecular complexity index is 788. The average molecular weight is 347 g/mol. The highest BCUT2D eigenvalue weighted by Crippen LogP contribution is 2.23. The Balaban J connectivity index is 2.23.